The van der Waals surface area contributed by atoms with Gasteiger partial charge in [0.15, 0.2) is 0 Å². The number of hydrogen-bond acceptors (Lipinski definition) is 2. The molecule has 0 aromatic heterocycles. The predicted molar refractivity (Wildman–Crippen MR) is 90.0 cm³/mol. The monoisotopic (exact) mass is 444 g/mol. The Bertz CT molecular complexity index is 668. The third-order valence-electron chi connectivity index (χ3n) is 2.40. The van der Waals surface area contributed by atoms with Gasteiger partial charge in [-0.15, -0.1) is 0 Å². The Labute approximate surface area is 138 Å². The van der Waals surface area contributed by atoms with Crippen LogP contribution in [0.2, 0.25) is 0 Å². The van der Waals surface area contributed by atoms with Crippen molar-refractivity contribution in [2.24, 2.45) is 0 Å². The standard InChI is InChI=1S/C15H10BrIO3/c16-11-6-4-10(5-7-15(18)19)14(8-11)20-13-3-1-2-12(17)9-13/h1-9H,(H,18,19)/b7-5+. The summed E-state index contributed by atoms with van der Waals surface area (Å²) in [4.78, 5) is 10.6. The fourth-order valence-electron chi connectivity index (χ4n) is 1.55. The summed E-state index contributed by atoms with van der Waals surface area (Å²) in [6.45, 7) is 0. The highest BCUT2D eigenvalue weighted by atomic mass is 127. The van der Waals surface area contributed by atoms with Crippen LogP contribution in [0.5, 0.6) is 11.5 Å². The number of carbonyl (C=O) groups is 1. The summed E-state index contributed by atoms with van der Waals surface area (Å²) in [6, 6.07) is 13.1. The van der Waals surface area contributed by atoms with Crippen LogP contribution in [0.1, 0.15) is 5.56 Å². The van der Waals surface area contributed by atoms with Crippen molar-refractivity contribution in [3.8, 4) is 11.5 Å². The van der Waals surface area contributed by atoms with Gasteiger partial charge in [0.1, 0.15) is 11.5 Å². The summed E-state index contributed by atoms with van der Waals surface area (Å²) in [6.07, 6.45) is 2.60. The van der Waals surface area contributed by atoms with Crippen LogP contribution in [0.3, 0.4) is 0 Å². The zero-order valence-electron chi connectivity index (χ0n) is 10.2. The van der Waals surface area contributed by atoms with Gasteiger partial charge in [-0.3, -0.25) is 0 Å². The van der Waals surface area contributed by atoms with Gasteiger partial charge in [-0.2, -0.15) is 0 Å². The summed E-state index contributed by atoms with van der Waals surface area (Å²) in [5, 5.41) is 8.71. The molecular weight excluding hydrogens is 435 g/mol. The second-order valence-corrected chi connectivity index (χ2v) is 6.07. The molecule has 1 N–H and O–H groups in total. The molecule has 0 amide bonds. The molecule has 0 spiro atoms. The first-order chi connectivity index (χ1) is 9.54. The minimum atomic E-state index is -0.992. The van der Waals surface area contributed by atoms with Gasteiger partial charge in [0.25, 0.3) is 0 Å². The molecule has 0 heterocycles. The maximum atomic E-state index is 10.6. The second kappa shape index (κ2) is 6.90. The van der Waals surface area contributed by atoms with Crippen molar-refractivity contribution in [3.05, 3.63) is 62.1 Å². The molecule has 0 fully saturated rings. The Morgan fingerprint density at radius 3 is 2.75 bits per heavy atom. The average Bonchev–Trinajstić information content (AvgIpc) is 2.37. The van der Waals surface area contributed by atoms with Crippen molar-refractivity contribution in [1.29, 1.82) is 0 Å². The van der Waals surface area contributed by atoms with Crippen molar-refractivity contribution in [2.45, 2.75) is 0 Å². The van der Waals surface area contributed by atoms with Gasteiger partial charge in [0, 0.05) is 19.7 Å². The lowest BCUT2D eigenvalue weighted by Crippen LogP contribution is -1.90. The van der Waals surface area contributed by atoms with E-state index in [9.17, 15) is 4.79 Å². The number of carboxylic acids is 1. The molecule has 0 atom stereocenters. The van der Waals surface area contributed by atoms with Crippen LogP contribution in [0.4, 0.5) is 0 Å². The molecule has 3 nitrogen and oxygen atoms in total. The van der Waals surface area contributed by atoms with Gasteiger partial charge in [-0.1, -0.05) is 28.1 Å². The van der Waals surface area contributed by atoms with E-state index in [-0.39, 0.29) is 0 Å². The second-order valence-electron chi connectivity index (χ2n) is 3.91. The summed E-state index contributed by atoms with van der Waals surface area (Å²) < 4.78 is 7.76. The first-order valence-corrected chi connectivity index (χ1v) is 7.56. The lowest BCUT2D eigenvalue weighted by Gasteiger charge is -2.09. The van der Waals surface area contributed by atoms with Crippen LogP contribution in [-0.4, -0.2) is 11.1 Å². The van der Waals surface area contributed by atoms with Crippen LogP contribution in [-0.2, 0) is 4.79 Å². The summed E-state index contributed by atoms with van der Waals surface area (Å²) in [7, 11) is 0. The maximum Gasteiger partial charge on any atom is 0.328 e. The van der Waals surface area contributed by atoms with Crippen LogP contribution >= 0.6 is 38.5 Å². The first-order valence-electron chi connectivity index (χ1n) is 5.68. The third kappa shape index (κ3) is 4.35. The SMILES string of the molecule is O=C(O)/C=C/c1ccc(Br)cc1Oc1cccc(I)c1. The molecule has 0 aliphatic heterocycles. The number of rotatable bonds is 4. The van der Waals surface area contributed by atoms with E-state index in [0.717, 1.165) is 14.1 Å². The number of halogens is 2. The van der Waals surface area contributed by atoms with Crippen molar-refractivity contribution < 1.29 is 14.6 Å². The molecule has 0 radical (unpaired) electrons. The predicted octanol–water partition coefficient (Wildman–Crippen LogP) is 4.94. The average molecular weight is 445 g/mol. The maximum absolute atomic E-state index is 10.6. The van der Waals surface area contributed by atoms with E-state index in [1.165, 1.54) is 6.08 Å². The fraction of sp³-hybridized carbons (Fsp3) is 0. The molecule has 20 heavy (non-hydrogen) atoms. The molecule has 2 rings (SSSR count). The van der Waals surface area contributed by atoms with Crippen LogP contribution in [0.25, 0.3) is 6.08 Å². The molecule has 0 aliphatic carbocycles. The molecule has 102 valence electrons. The minimum Gasteiger partial charge on any atom is -0.478 e. The summed E-state index contributed by atoms with van der Waals surface area (Å²) >= 11 is 5.59. The number of hydrogen-bond donors (Lipinski definition) is 1. The van der Waals surface area contributed by atoms with Crippen molar-refractivity contribution in [2.75, 3.05) is 0 Å². The van der Waals surface area contributed by atoms with E-state index in [1.54, 1.807) is 12.1 Å². The van der Waals surface area contributed by atoms with Gasteiger partial charge in [-0.25, -0.2) is 4.79 Å². The van der Waals surface area contributed by atoms with E-state index in [4.69, 9.17) is 9.84 Å². The van der Waals surface area contributed by atoms with Crippen molar-refractivity contribution in [3.63, 3.8) is 0 Å². The van der Waals surface area contributed by atoms with Crippen LogP contribution < -0.4 is 4.74 Å². The molecule has 0 bridgehead atoms. The van der Waals surface area contributed by atoms with Crippen LogP contribution in [0.15, 0.2) is 53.0 Å². The summed E-state index contributed by atoms with van der Waals surface area (Å²) in [5.74, 6) is 0.312. The third-order valence-corrected chi connectivity index (χ3v) is 3.57. The van der Waals surface area contributed by atoms with Gasteiger partial charge in [-0.05, 0) is 59.0 Å². The van der Waals surface area contributed by atoms with Gasteiger partial charge in [0.2, 0.25) is 0 Å². The first kappa shape index (κ1) is 15.1. The van der Waals surface area contributed by atoms with Gasteiger partial charge < -0.3 is 9.84 Å². The van der Waals surface area contributed by atoms with E-state index in [2.05, 4.69) is 38.5 Å². The molecular formula is C15H10BrIO3. The molecule has 0 saturated carbocycles. The van der Waals surface area contributed by atoms with E-state index in [0.29, 0.717) is 17.1 Å². The highest BCUT2D eigenvalue weighted by molar-refractivity contribution is 14.1. The Morgan fingerprint density at radius 1 is 1.25 bits per heavy atom. The topological polar surface area (TPSA) is 46.5 Å². The lowest BCUT2D eigenvalue weighted by molar-refractivity contribution is -0.131. The Morgan fingerprint density at radius 2 is 2.05 bits per heavy atom. The van der Waals surface area contributed by atoms with Gasteiger partial charge in [0.05, 0.1) is 0 Å². The molecule has 2 aromatic carbocycles. The molecule has 2 aromatic rings. The quantitative estimate of drug-likeness (QED) is 0.536. The lowest BCUT2D eigenvalue weighted by atomic mass is 10.2. The number of carboxylic acid groups (broad SMARTS) is 1. The van der Waals surface area contributed by atoms with E-state index in [1.807, 2.05) is 30.3 Å². The van der Waals surface area contributed by atoms with Crippen LogP contribution in [0, 0.1) is 3.57 Å². The fourth-order valence-corrected chi connectivity index (χ4v) is 2.41. The zero-order chi connectivity index (χ0) is 14.5. The minimum absolute atomic E-state index is 0.596. The highest BCUT2D eigenvalue weighted by Crippen LogP contribution is 2.30. The highest BCUT2D eigenvalue weighted by Gasteiger charge is 2.05. The van der Waals surface area contributed by atoms with Crippen molar-refractivity contribution >= 4 is 50.6 Å². The zero-order valence-corrected chi connectivity index (χ0v) is 14.0. The van der Waals surface area contributed by atoms with E-state index >= 15 is 0 Å². The molecule has 0 unspecified atom stereocenters. The van der Waals surface area contributed by atoms with Crippen molar-refractivity contribution in [1.82, 2.24) is 0 Å². The number of ether oxygens (including phenoxy) is 1. The molecule has 5 heteroatoms. The van der Waals surface area contributed by atoms with Gasteiger partial charge >= 0.3 is 5.97 Å². The number of aliphatic carboxylic acids is 1. The largest absolute Gasteiger partial charge is 0.478 e. The molecule has 0 aliphatic rings. The Kier molecular flexibility index (Phi) is 5.19. The number of benzene rings is 2. The Hall–Kier alpha value is -1.34. The molecule has 0 saturated heterocycles. The van der Waals surface area contributed by atoms with E-state index < -0.39 is 5.97 Å². The normalized spacial score (nSPS) is 10.7. The smallest absolute Gasteiger partial charge is 0.328 e. The Balaban J connectivity index is 2.34. The summed E-state index contributed by atoms with van der Waals surface area (Å²) in [5.41, 5.74) is 0.703.